The molecule has 1 aromatic carbocycles. The predicted octanol–water partition coefficient (Wildman–Crippen LogP) is 2.36. The van der Waals surface area contributed by atoms with E-state index in [4.69, 9.17) is 0 Å². The molecule has 2 saturated heterocycles. The predicted molar refractivity (Wildman–Crippen MR) is 80.4 cm³/mol. The standard InChI is InChI=1S/C17H21FN2O2/c1-19-9-7-13(11-16(19)21)17(22)20-8-3-6-15(20)12-4-2-5-14(18)10-12/h2,4-5,10,13,15H,3,6-9,11H2,1H3. The SMILES string of the molecule is CN1CCC(C(=O)N2CCCC2c2cccc(F)c2)CC1=O. The lowest BCUT2D eigenvalue weighted by Gasteiger charge is -2.33. The highest BCUT2D eigenvalue weighted by molar-refractivity contribution is 5.87. The van der Waals surface area contributed by atoms with Gasteiger partial charge in [0.1, 0.15) is 5.82 Å². The lowest BCUT2D eigenvalue weighted by molar-refractivity contribution is -0.145. The molecule has 1 aromatic rings. The van der Waals surface area contributed by atoms with Crippen molar-refractivity contribution >= 4 is 11.8 Å². The number of carbonyl (C=O) groups is 2. The number of amides is 2. The number of hydrogen-bond acceptors (Lipinski definition) is 2. The number of piperidine rings is 1. The van der Waals surface area contributed by atoms with Gasteiger partial charge in [-0.05, 0) is 37.0 Å². The first-order valence-electron chi connectivity index (χ1n) is 7.86. The van der Waals surface area contributed by atoms with Crippen molar-refractivity contribution in [2.24, 2.45) is 5.92 Å². The number of carbonyl (C=O) groups excluding carboxylic acids is 2. The zero-order valence-electron chi connectivity index (χ0n) is 12.8. The Morgan fingerprint density at radius 3 is 2.82 bits per heavy atom. The van der Waals surface area contributed by atoms with Crippen LogP contribution in [0.4, 0.5) is 4.39 Å². The largest absolute Gasteiger partial charge is 0.346 e. The number of benzene rings is 1. The summed E-state index contributed by atoms with van der Waals surface area (Å²) < 4.78 is 13.4. The van der Waals surface area contributed by atoms with Gasteiger partial charge in [0, 0.05) is 32.5 Å². The van der Waals surface area contributed by atoms with Gasteiger partial charge in [-0.3, -0.25) is 9.59 Å². The highest BCUT2D eigenvalue weighted by Gasteiger charge is 2.36. The normalized spacial score (nSPS) is 25.6. The monoisotopic (exact) mass is 304 g/mol. The van der Waals surface area contributed by atoms with E-state index >= 15 is 0 Å². The van der Waals surface area contributed by atoms with E-state index in [-0.39, 0.29) is 29.6 Å². The fourth-order valence-electron chi connectivity index (χ4n) is 3.48. The van der Waals surface area contributed by atoms with Crippen molar-refractivity contribution in [3.63, 3.8) is 0 Å². The minimum Gasteiger partial charge on any atom is -0.346 e. The van der Waals surface area contributed by atoms with Crippen LogP contribution in [0.3, 0.4) is 0 Å². The van der Waals surface area contributed by atoms with E-state index in [2.05, 4.69) is 0 Å². The van der Waals surface area contributed by atoms with Gasteiger partial charge in [-0.25, -0.2) is 4.39 Å². The van der Waals surface area contributed by atoms with E-state index in [1.165, 1.54) is 12.1 Å². The number of halogens is 1. The molecule has 0 aromatic heterocycles. The van der Waals surface area contributed by atoms with Crippen LogP contribution in [-0.4, -0.2) is 41.8 Å². The molecule has 2 unspecified atom stereocenters. The Balaban J connectivity index is 1.75. The highest BCUT2D eigenvalue weighted by atomic mass is 19.1. The maximum absolute atomic E-state index is 13.4. The molecular weight excluding hydrogens is 283 g/mol. The Bertz CT molecular complexity index is 590. The third-order valence-electron chi connectivity index (χ3n) is 4.78. The van der Waals surface area contributed by atoms with Crippen molar-refractivity contribution in [1.29, 1.82) is 0 Å². The minimum atomic E-state index is -0.272. The minimum absolute atomic E-state index is 0.0334. The number of hydrogen-bond donors (Lipinski definition) is 0. The van der Waals surface area contributed by atoms with Crippen LogP contribution < -0.4 is 0 Å². The van der Waals surface area contributed by atoms with Crippen LogP contribution in [0.1, 0.15) is 37.3 Å². The van der Waals surface area contributed by atoms with Crippen molar-refractivity contribution in [3.8, 4) is 0 Å². The number of likely N-dealkylation sites (tertiary alicyclic amines) is 2. The second-order valence-electron chi connectivity index (χ2n) is 6.25. The first-order chi connectivity index (χ1) is 10.6. The second kappa shape index (κ2) is 6.07. The Morgan fingerprint density at radius 1 is 1.27 bits per heavy atom. The van der Waals surface area contributed by atoms with Gasteiger partial charge in [0.15, 0.2) is 0 Å². The smallest absolute Gasteiger partial charge is 0.226 e. The zero-order valence-corrected chi connectivity index (χ0v) is 12.8. The summed E-state index contributed by atoms with van der Waals surface area (Å²) in [4.78, 5) is 28.1. The van der Waals surface area contributed by atoms with Crippen molar-refractivity contribution in [1.82, 2.24) is 9.80 Å². The van der Waals surface area contributed by atoms with Crippen LogP contribution in [-0.2, 0) is 9.59 Å². The summed E-state index contributed by atoms with van der Waals surface area (Å²) in [7, 11) is 1.77. The number of nitrogens with zero attached hydrogens (tertiary/aromatic N) is 2. The van der Waals surface area contributed by atoms with Crippen LogP contribution in [0, 0.1) is 11.7 Å². The maximum Gasteiger partial charge on any atom is 0.226 e. The van der Waals surface area contributed by atoms with E-state index in [0.717, 1.165) is 18.4 Å². The molecule has 0 aliphatic carbocycles. The van der Waals surface area contributed by atoms with Crippen LogP contribution in [0.25, 0.3) is 0 Å². The van der Waals surface area contributed by atoms with Gasteiger partial charge in [0.05, 0.1) is 6.04 Å². The van der Waals surface area contributed by atoms with Gasteiger partial charge in [-0.15, -0.1) is 0 Å². The van der Waals surface area contributed by atoms with E-state index < -0.39 is 0 Å². The molecule has 2 amide bonds. The first-order valence-corrected chi connectivity index (χ1v) is 7.86. The van der Waals surface area contributed by atoms with E-state index in [1.807, 2.05) is 11.0 Å². The van der Waals surface area contributed by atoms with Gasteiger partial charge in [0.25, 0.3) is 0 Å². The lowest BCUT2D eigenvalue weighted by atomic mass is 9.94. The molecule has 2 aliphatic heterocycles. The Kier molecular flexibility index (Phi) is 4.14. The van der Waals surface area contributed by atoms with E-state index in [1.54, 1.807) is 18.0 Å². The van der Waals surface area contributed by atoms with Gasteiger partial charge >= 0.3 is 0 Å². The van der Waals surface area contributed by atoms with Crippen molar-refractivity contribution in [2.75, 3.05) is 20.1 Å². The Labute approximate surface area is 129 Å². The average molecular weight is 304 g/mol. The summed E-state index contributed by atoms with van der Waals surface area (Å²) in [6, 6.07) is 6.43. The molecule has 0 bridgehead atoms. The quantitative estimate of drug-likeness (QED) is 0.841. The molecule has 2 atom stereocenters. The molecule has 22 heavy (non-hydrogen) atoms. The lowest BCUT2D eigenvalue weighted by Crippen LogP contribution is -2.43. The van der Waals surface area contributed by atoms with Gasteiger partial charge in [-0.1, -0.05) is 12.1 Å². The molecule has 2 fully saturated rings. The van der Waals surface area contributed by atoms with Crippen LogP contribution in [0.2, 0.25) is 0 Å². The highest BCUT2D eigenvalue weighted by Crippen LogP contribution is 2.34. The van der Waals surface area contributed by atoms with Crippen LogP contribution >= 0.6 is 0 Å². The summed E-state index contributed by atoms with van der Waals surface area (Å²) in [6.45, 7) is 1.33. The van der Waals surface area contributed by atoms with Crippen molar-refractivity contribution in [2.45, 2.75) is 31.7 Å². The zero-order chi connectivity index (χ0) is 15.7. The van der Waals surface area contributed by atoms with Crippen LogP contribution in [0.15, 0.2) is 24.3 Å². The van der Waals surface area contributed by atoms with Gasteiger partial charge < -0.3 is 9.80 Å². The first kappa shape index (κ1) is 15.0. The third kappa shape index (κ3) is 2.85. The molecular formula is C17H21FN2O2. The molecule has 0 N–H and O–H groups in total. The summed E-state index contributed by atoms with van der Waals surface area (Å²) >= 11 is 0. The molecule has 0 saturated carbocycles. The molecule has 118 valence electrons. The summed E-state index contributed by atoms with van der Waals surface area (Å²) in [5.41, 5.74) is 0.852. The molecule has 5 heteroatoms. The third-order valence-corrected chi connectivity index (χ3v) is 4.78. The second-order valence-corrected chi connectivity index (χ2v) is 6.25. The molecule has 4 nitrogen and oxygen atoms in total. The average Bonchev–Trinajstić information content (AvgIpc) is 2.99. The van der Waals surface area contributed by atoms with Gasteiger partial charge in [-0.2, -0.15) is 0 Å². The Morgan fingerprint density at radius 2 is 2.09 bits per heavy atom. The Hall–Kier alpha value is -1.91. The fraction of sp³-hybridized carbons (Fsp3) is 0.529. The molecule has 0 spiro atoms. The van der Waals surface area contributed by atoms with E-state index in [0.29, 0.717) is 25.9 Å². The molecule has 0 radical (unpaired) electrons. The van der Waals surface area contributed by atoms with E-state index in [9.17, 15) is 14.0 Å². The fourth-order valence-corrected chi connectivity index (χ4v) is 3.48. The maximum atomic E-state index is 13.4. The van der Waals surface area contributed by atoms with Crippen molar-refractivity contribution < 1.29 is 14.0 Å². The molecule has 3 rings (SSSR count). The van der Waals surface area contributed by atoms with Crippen LogP contribution in [0.5, 0.6) is 0 Å². The topological polar surface area (TPSA) is 40.6 Å². The summed E-state index contributed by atoms with van der Waals surface area (Å²) in [5, 5.41) is 0. The number of rotatable bonds is 2. The molecule has 2 heterocycles. The van der Waals surface area contributed by atoms with Crippen molar-refractivity contribution in [3.05, 3.63) is 35.6 Å². The summed E-state index contributed by atoms with van der Waals surface area (Å²) in [6.07, 6.45) is 2.79. The molecule has 2 aliphatic rings. The summed E-state index contributed by atoms with van der Waals surface area (Å²) in [5.74, 6) is -0.413. The van der Waals surface area contributed by atoms with Gasteiger partial charge in [0.2, 0.25) is 11.8 Å².